The maximum Gasteiger partial charge on any atom is 0.344 e. The van der Waals surface area contributed by atoms with E-state index < -0.39 is 0 Å². The van der Waals surface area contributed by atoms with Crippen molar-refractivity contribution in [1.29, 1.82) is 0 Å². The molecule has 71 valence electrons. The number of fused-ring (bicyclic) bond motifs is 1. The van der Waals surface area contributed by atoms with Gasteiger partial charge < -0.3 is 9.47 Å². The summed E-state index contributed by atoms with van der Waals surface area (Å²) in [7, 11) is 1.56. The fourth-order valence-corrected chi connectivity index (χ4v) is 1.40. The molecule has 1 aliphatic rings. The van der Waals surface area contributed by atoms with Crippen molar-refractivity contribution in [2.75, 3.05) is 7.11 Å². The van der Waals surface area contributed by atoms with Crippen LogP contribution < -0.4 is 4.74 Å². The van der Waals surface area contributed by atoms with Crippen LogP contribution in [0, 0.1) is 6.92 Å². The molecule has 1 aromatic rings. The van der Waals surface area contributed by atoms with Crippen LogP contribution in [-0.2, 0) is 4.74 Å². The van der Waals surface area contributed by atoms with Gasteiger partial charge in [0.05, 0.1) is 12.7 Å². The van der Waals surface area contributed by atoms with Crippen LogP contribution in [0.5, 0.6) is 5.75 Å². The summed E-state index contributed by atoms with van der Waals surface area (Å²) in [5, 5.41) is 0. The molecule has 0 saturated heterocycles. The first-order valence-electron chi connectivity index (χ1n) is 4.16. The predicted octanol–water partition coefficient (Wildman–Crippen LogP) is 2.04. The maximum absolute atomic E-state index is 11.4. The first-order valence-corrected chi connectivity index (χ1v) is 4.16. The Morgan fingerprint density at radius 2 is 2.21 bits per heavy atom. The number of esters is 1. The largest absolute Gasteiger partial charge is 0.497 e. The molecule has 2 rings (SSSR count). The van der Waals surface area contributed by atoms with Crippen LogP contribution in [0.1, 0.15) is 15.9 Å². The highest BCUT2D eigenvalue weighted by atomic mass is 16.5. The van der Waals surface area contributed by atoms with Crippen LogP contribution in [0.3, 0.4) is 0 Å². The van der Waals surface area contributed by atoms with Gasteiger partial charge in [-0.1, -0.05) is 0 Å². The summed E-state index contributed by atoms with van der Waals surface area (Å²) in [6.45, 7) is 3.57. The van der Waals surface area contributed by atoms with E-state index in [0.29, 0.717) is 17.1 Å². The molecule has 1 aliphatic heterocycles. The SMILES string of the molecule is [CH2]C=C1OC(=O)c2cc(OC)ccc21. The number of benzene rings is 1. The Kier molecular flexibility index (Phi) is 2.00. The Morgan fingerprint density at radius 1 is 1.43 bits per heavy atom. The lowest BCUT2D eigenvalue weighted by Gasteiger charge is -2.00. The zero-order valence-corrected chi connectivity index (χ0v) is 7.74. The van der Waals surface area contributed by atoms with Crippen molar-refractivity contribution in [3.8, 4) is 5.75 Å². The van der Waals surface area contributed by atoms with Gasteiger partial charge in [-0.3, -0.25) is 0 Å². The van der Waals surface area contributed by atoms with Crippen molar-refractivity contribution in [3.05, 3.63) is 42.3 Å². The fraction of sp³-hybridized carbons (Fsp3) is 0.0909. The number of rotatable bonds is 1. The topological polar surface area (TPSA) is 35.5 Å². The van der Waals surface area contributed by atoms with Crippen LogP contribution in [0.25, 0.3) is 5.76 Å². The highest BCUT2D eigenvalue weighted by Gasteiger charge is 2.25. The highest BCUT2D eigenvalue weighted by molar-refractivity contribution is 6.03. The molecule has 0 atom stereocenters. The van der Waals surface area contributed by atoms with E-state index in [1.165, 1.54) is 6.08 Å². The van der Waals surface area contributed by atoms with Crippen molar-refractivity contribution in [3.63, 3.8) is 0 Å². The number of ether oxygens (including phenoxy) is 2. The van der Waals surface area contributed by atoms with Crippen molar-refractivity contribution >= 4 is 11.7 Å². The highest BCUT2D eigenvalue weighted by Crippen LogP contribution is 2.31. The number of methoxy groups -OCH3 is 1. The van der Waals surface area contributed by atoms with Gasteiger partial charge in [-0.15, -0.1) is 0 Å². The molecule has 0 aliphatic carbocycles. The minimum Gasteiger partial charge on any atom is -0.497 e. The Labute approximate surface area is 81.9 Å². The smallest absolute Gasteiger partial charge is 0.344 e. The molecule has 0 saturated carbocycles. The number of hydrogen-bond donors (Lipinski definition) is 0. The van der Waals surface area contributed by atoms with Crippen LogP contribution in [0.4, 0.5) is 0 Å². The predicted molar refractivity (Wildman–Crippen MR) is 51.7 cm³/mol. The molecular formula is C11H9O3. The van der Waals surface area contributed by atoms with Gasteiger partial charge in [-0.25, -0.2) is 4.79 Å². The summed E-state index contributed by atoms with van der Waals surface area (Å²) in [5.74, 6) is 0.799. The molecule has 3 nitrogen and oxygen atoms in total. The van der Waals surface area contributed by atoms with E-state index >= 15 is 0 Å². The second-order valence-electron chi connectivity index (χ2n) is 2.87. The molecule has 0 spiro atoms. The second-order valence-corrected chi connectivity index (χ2v) is 2.87. The van der Waals surface area contributed by atoms with Gasteiger partial charge in [-0.05, 0) is 31.2 Å². The molecule has 0 N–H and O–H groups in total. The lowest BCUT2D eigenvalue weighted by Crippen LogP contribution is -1.94. The third-order valence-corrected chi connectivity index (χ3v) is 2.10. The van der Waals surface area contributed by atoms with E-state index in [1.807, 2.05) is 0 Å². The third-order valence-electron chi connectivity index (χ3n) is 2.10. The minimum atomic E-state index is -0.353. The lowest BCUT2D eigenvalue weighted by molar-refractivity contribution is 0.0715. The quantitative estimate of drug-likeness (QED) is 0.634. The first kappa shape index (κ1) is 8.81. The molecule has 1 radical (unpaired) electrons. The van der Waals surface area contributed by atoms with Gasteiger partial charge in [0, 0.05) is 5.56 Å². The molecule has 1 aromatic carbocycles. The van der Waals surface area contributed by atoms with E-state index in [-0.39, 0.29) is 5.97 Å². The Balaban J connectivity index is 2.57. The summed E-state index contributed by atoms with van der Waals surface area (Å²) in [5.41, 5.74) is 1.30. The molecule has 0 amide bonds. The van der Waals surface area contributed by atoms with E-state index in [1.54, 1.807) is 25.3 Å². The Morgan fingerprint density at radius 3 is 2.86 bits per heavy atom. The zero-order valence-electron chi connectivity index (χ0n) is 7.74. The molecule has 14 heavy (non-hydrogen) atoms. The molecule has 0 bridgehead atoms. The summed E-state index contributed by atoms with van der Waals surface area (Å²) in [6, 6.07) is 5.23. The van der Waals surface area contributed by atoms with Crippen molar-refractivity contribution in [1.82, 2.24) is 0 Å². The van der Waals surface area contributed by atoms with E-state index in [4.69, 9.17) is 9.47 Å². The second kappa shape index (κ2) is 3.18. The van der Waals surface area contributed by atoms with E-state index in [9.17, 15) is 4.79 Å². The molecular weight excluding hydrogens is 180 g/mol. The van der Waals surface area contributed by atoms with Crippen LogP contribution in [-0.4, -0.2) is 13.1 Å². The fourth-order valence-electron chi connectivity index (χ4n) is 1.40. The van der Waals surface area contributed by atoms with E-state index in [2.05, 4.69) is 6.92 Å². The van der Waals surface area contributed by atoms with Crippen molar-refractivity contribution in [2.24, 2.45) is 0 Å². The molecule has 0 fully saturated rings. The van der Waals surface area contributed by atoms with Crippen molar-refractivity contribution in [2.45, 2.75) is 0 Å². The van der Waals surface area contributed by atoms with Gasteiger partial charge in [0.2, 0.25) is 0 Å². The van der Waals surface area contributed by atoms with Crippen LogP contribution in [0.15, 0.2) is 24.3 Å². The monoisotopic (exact) mass is 189 g/mol. The summed E-state index contributed by atoms with van der Waals surface area (Å²) in [6.07, 6.45) is 1.52. The maximum atomic E-state index is 11.4. The molecule has 3 heteroatoms. The van der Waals surface area contributed by atoms with Gasteiger partial charge in [0.15, 0.2) is 0 Å². The number of hydrogen-bond acceptors (Lipinski definition) is 3. The average Bonchev–Trinajstić information content (AvgIpc) is 2.55. The van der Waals surface area contributed by atoms with E-state index in [0.717, 1.165) is 5.56 Å². The number of cyclic esters (lactones) is 1. The summed E-state index contributed by atoms with van der Waals surface area (Å²) < 4.78 is 10.00. The number of allylic oxidation sites excluding steroid dienone is 1. The van der Waals surface area contributed by atoms with Gasteiger partial charge in [-0.2, -0.15) is 0 Å². The Hall–Kier alpha value is -1.77. The van der Waals surface area contributed by atoms with Gasteiger partial charge in [0.25, 0.3) is 0 Å². The summed E-state index contributed by atoms with van der Waals surface area (Å²) in [4.78, 5) is 11.4. The number of carbonyl (C=O) groups excluding carboxylic acids is 1. The van der Waals surface area contributed by atoms with Gasteiger partial charge in [0.1, 0.15) is 11.5 Å². The zero-order chi connectivity index (χ0) is 10.1. The molecule has 1 heterocycles. The normalized spacial score (nSPS) is 16.7. The number of carbonyl (C=O) groups is 1. The summed E-state index contributed by atoms with van der Waals surface area (Å²) >= 11 is 0. The third kappa shape index (κ3) is 1.18. The standard InChI is InChI=1S/C11H9O3/c1-3-10-8-5-4-7(13-2)6-9(8)11(12)14-10/h3-6H,1H2,2H3. The van der Waals surface area contributed by atoms with Gasteiger partial charge >= 0.3 is 5.97 Å². The molecule has 0 aromatic heterocycles. The lowest BCUT2D eigenvalue weighted by atomic mass is 10.1. The minimum absolute atomic E-state index is 0.353. The first-order chi connectivity index (χ1) is 6.76. The van der Waals surface area contributed by atoms with Crippen molar-refractivity contribution < 1.29 is 14.3 Å². The Bertz CT molecular complexity index is 419. The average molecular weight is 189 g/mol. The van der Waals surface area contributed by atoms with Crippen LogP contribution >= 0.6 is 0 Å². The van der Waals surface area contributed by atoms with Crippen LogP contribution in [0.2, 0.25) is 0 Å². The molecule has 0 unspecified atom stereocenters.